The Morgan fingerprint density at radius 2 is 1.61 bits per heavy atom. The van der Waals surface area contributed by atoms with E-state index in [0.29, 0.717) is 5.56 Å². The van der Waals surface area contributed by atoms with Gasteiger partial charge in [0.25, 0.3) is 5.91 Å². The Labute approximate surface area is 212 Å². The van der Waals surface area contributed by atoms with E-state index in [0.717, 1.165) is 28.7 Å². The fourth-order valence-electron chi connectivity index (χ4n) is 4.76. The molecule has 36 heavy (non-hydrogen) atoms. The predicted molar refractivity (Wildman–Crippen MR) is 147 cm³/mol. The van der Waals surface area contributed by atoms with Crippen LogP contribution in [0.5, 0.6) is 0 Å². The van der Waals surface area contributed by atoms with Crippen molar-refractivity contribution in [3.05, 3.63) is 125 Å². The van der Waals surface area contributed by atoms with Gasteiger partial charge in [0.05, 0.1) is 11.7 Å². The van der Waals surface area contributed by atoms with Crippen molar-refractivity contribution in [2.24, 2.45) is 0 Å². The lowest BCUT2D eigenvalue weighted by Crippen LogP contribution is -2.27. The van der Waals surface area contributed by atoms with Gasteiger partial charge < -0.3 is 9.88 Å². The van der Waals surface area contributed by atoms with Crippen LogP contribution in [0.1, 0.15) is 51.4 Å². The Balaban J connectivity index is 1.38. The van der Waals surface area contributed by atoms with E-state index < -0.39 is 0 Å². The van der Waals surface area contributed by atoms with Crippen LogP contribution in [0.25, 0.3) is 22.0 Å². The molecule has 5 aromatic rings. The van der Waals surface area contributed by atoms with Crippen LogP contribution in [0.2, 0.25) is 0 Å². The summed E-state index contributed by atoms with van der Waals surface area (Å²) in [7, 11) is 0. The molecular weight excluding hydrogens is 442 g/mol. The molecule has 0 fully saturated rings. The number of pyridine rings is 1. The maximum atomic E-state index is 13.1. The van der Waals surface area contributed by atoms with Gasteiger partial charge in [-0.3, -0.25) is 9.78 Å². The van der Waals surface area contributed by atoms with E-state index in [-0.39, 0.29) is 11.9 Å². The molecule has 4 nitrogen and oxygen atoms in total. The minimum Gasteiger partial charge on any atom is -0.344 e. The fraction of sp³-hybridized carbons (Fsp3) is 0.188. The highest BCUT2D eigenvalue weighted by molar-refractivity contribution is 5.99. The second-order valence-corrected chi connectivity index (χ2v) is 9.54. The predicted octanol–water partition coefficient (Wildman–Crippen LogP) is 7.17. The van der Waals surface area contributed by atoms with Gasteiger partial charge in [0.1, 0.15) is 0 Å². The van der Waals surface area contributed by atoms with E-state index in [1.54, 1.807) is 6.20 Å². The Hall–Kier alpha value is -4.18. The fourth-order valence-corrected chi connectivity index (χ4v) is 4.76. The number of nitrogens with zero attached hydrogens (tertiary/aromatic N) is 2. The first-order valence-electron chi connectivity index (χ1n) is 12.4. The molecule has 0 radical (unpaired) electrons. The van der Waals surface area contributed by atoms with Gasteiger partial charge in [-0.25, -0.2) is 0 Å². The SMILES string of the molecule is Cc1ccnc([C@H](C)NC(=O)c2ccc3c(c2)c(C)c(C)n3Cc2ccc(-c3ccccc3)cc2)c1. The van der Waals surface area contributed by atoms with Gasteiger partial charge >= 0.3 is 0 Å². The standard InChI is InChI=1S/C32H31N3O/c1-21-16-17-33-30(18-21)23(3)34-32(36)28-14-15-31-29(19-28)22(2)24(4)35(31)20-25-10-12-27(13-11-25)26-8-6-5-7-9-26/h5-19,23H,20H2,1-4H3,(H,34,36)/t23-/m0/s1. The number of rotatable bonds is 6. The minimum absolute atomic E-state index is 0.0889. The summed E-state index contributed by atoms with van der Waals surface area (Å²) in [5.41, 5.74) is 9.90. The van der Waals surface area contributed by atoms with E-state index in [1.165, 1.54) is 27.9 Å². The summed E-state index contributed by atoms with van der Waals surface area (Å²) < 4.78 is 2.34. The molecule has 1 amide bonds. The Kier molecular flexibility index (Phi) is 6.43. The van der Waals surface area contributed by atoms with Gasteiger partial charge in [-0.2, -0.15) is 0 Å². The lowest BCUT2D eigenvalue weighted by Gasteiger charge is -2.14. The largest absolute Gasteiger partial charge is 0.344 e. The minimum atomic E-state index is -0.167. The Morgan fingerprint density at radius 1 is 0.889 bits per heavy atom. The maximum Gasteiger partial charge on any atom is 0.251 e. The van der Waals surface area contributed by atoms with Crippen LogP contribution in [0.15, 0.2) is 91.1 Å². The Bertz CT molecular complexity index is 1530. The number of aryl methyl sites for hydroxylation is 2. The zero-order chi connectivity index (χ0) is 25.2. The lowest BCUT2D eigenvalue weighted by molar-refractivity contribution is 0.0939. The molecule has 1 N–H and O–H groups in total. The molecule has 2 aromatic heterocycles. The number of carbonyl (C=O) groups is 1. The summed E-state index contributed by atoms with van der Waals surface area (Å²) in [6.45, 7) is 9.06. The number of benzene rings is 3. The van der Waals surface area contributed by atoms with Gasteiger partial charge in [-0.15, -0.1) is 0 Å². The molecule has 180 valence electrons. The first kappa shape index (κ1) is 23.6. The van der Waals surface area contributed by atoms with Crippen LogP contribution >= 0.6 is 0 Å². The summed E-state index contributed by atoms with van der Waals surface area (Å²) in [5, 5.41) is 4.21. The van der Waals surface area contributed by atoms with Crippen molar-refractivity contribution in [3.8, 4) is 11.1 Å². The molecule has 0 aliphatic heterocycles. The highest BCUT2D eigenvalue weighted by Gasteiger charge is 2.16. The molecule has 0 unspecified atom stereocenters. The third kappa shape index (κ3) is 4.67. The summed E-state index contributed by atoms with van der Waals surface area (Å²) in [5.74, 6) is -0.0889. The first-order valence-corrected chi connectivity index (χ1v) is 12.4. The Morgan fingerprint density at radius 3 is 2.33 bits per heavy atom. The summed E-state index contributed by atoms with van der Waals surface area (Å²) >= 11 is 0. The molecule has 1 atom stereocenters. The summed E-state index contributed by atoms with van der Waals surface area (Å²) in [4.78, 5) is 17.5. The van der Waals surface area contributed by atoms with Gasteiger partial charge in [-0.1, -0.05) is 54.6 Å². The van der Waals surface area contributed by atoms with Crippen molar-refractivity contribution < 1.29 is 4.79 Å². The van der Waals surface area contributed by atoms with E-state index in [2.05, 4.69) is 83.3 Å². The number of carbonyl (C=O) groups excluding carboxylic acids is 1. The molecule has 0 spiro atoms. The second-order valence-electron chi connectivity index (χ2n) is 9.54. The third-order valence-electron chi connectivity index (χ3n) is 7.03. The van der Waals surface area contributed by atoms with Crippen molar-refractivity contribution >= 4 is 16.8 Å². The molecule has 4 heteroatoms. The first-order chi connectivity index (χ1) is 17.4. The monoisotopic (exact) mass is 473 g/mol. The molecule has 0 bridgehead atoms. The lowest BCUT2D eigenvalue weighted by atomic mass is 10.0. The molecule has 0 aliphatic carbocycles. The van der Waals surface area contributed by atoms with E-state index >= 15 is 0 Å². The van der Waals surface area contributed by atoms with Crippen LogP contribution in [-0.2, 0) is 6.54 Å². The zero-order valence-corrected chi connectivity index (χ0v) is 21.2. The van der Waals surface area contributed by atoms with E-state index in [1.807, 2.05) is 44.2 Å². The third-order valence-corrected chi connectivity index (χ3v) is 7.03. The number of amides is 1. The van der Waals surface area contributed by atoms with Crippen LogP contribution in [0.3, 0.4) is 0 Å². The van der Waals surface area contributed by atoms with Crippen LogP contribution < -0.4 is 5.32 Å². The van der Waals surface area contributed by atoms with Gasteiger partial charge in [0.2, 0.25) is 0 Å². The smallest absolute Gasteiger partial charge is 0.251 e. The quantitative estimate of drug-likeness (QED) is 0.284. The van der Waals surface area contributed by atoms with Crippen molar-refractivity contribution in [1.29, 1.82) is 0 Å². The molecule has 3 aromatic carbocycles. The average molecular weight is 474 g/mol. The van der Waals surface area contributed by atoms with Crippen molar-refractivity contribution in [2.45, 2.75) is 40.3 Å². The molecule has 0 saturated heterocycles. The highest BCUT2D eigenvalue weighted by Crippen LogP contribution is 2.28. The van der Waals surface area contributed by atoms with E-state index in [9.17, 15) is 4.79 Å². The molecule has 0 saturated carbocycles. The number of fused-ring (bicyclic) bond motifs is 1. The normalized spacial score (nSPS) is 12.0. The second kappa shape index (κ2) is 9.82. The maximum absolute atomic E-state index is 13.1. The molecule has 5 rings (SSSR count). The van der Waals surface area contributed by atoms with Crippen molar-refractivity contribution in [1.82, 2.24) is 14.9 Å². The average Bonchev–Trinajstić information content (AvgIpc) is 3.14. The number of aromatic nitrogens is 2. The van der Waals surface area contributed by atoms with Gasteiger partial charge in [-0.05, 0) is 85.8 Å². The van der Waals surface area contributed by atoms with Crippen LogP contribution in [0, 0.1) is 20.8 Å². The van der Waals surface area contributed by atoms with E-state index in [4.69, 9.17) is 0 Å². The topological polar surface area (TPSA) is 46.9 Å². The van der Waals surface area contributed by atoms with Gasteiger partial charge in [0, 0.05) is 34.9 Å². The highest BCUT2D eigenvalue weighted by atomic mass is 16.1. The molecule has 2 heterocycles. The summed E-state index contributed by atoms with van der Waals surface area (Å²) in [6.07, 6.45) is 1.78. The molecule has 0 aliphatic rings. The summed E-state index contributed by atoms with van der Waals surface area (Å²) in [6, 6.07) is 29.0. The zero-order valence-electron chi connectivity index (χ0n) is 21.2. The van der Waals surface area contributed by atoms with Crippen LogP contribution in [-0.4, -0.2) is 15.5 Å². The van der Waals surface area contributed by atoms with Crippen LogP contribution in [0.4, 0.5) is 0 Å². The van der Waals surface area contributed by atoms with Crippen molar-refractivity contribution in [3.63, 3.8) is 0 Å². The number of nitrogens with one attached hydrogen (secondary N) is 1. The van der Waals surface area contributed by atoms with Gasteiger partial charge in [0.15, 0.2) is 0 Å². The van der Waals surface area contributed by atoms with Crippen molar-refractivity contribution in [2.75, 3.05) is 0 Å². The molecular formula is C32H31N3O. The number of hydrogen-bond acceptors (Lipinski definition) is 2. The number of hydrogen-bond donors (Lipinski definition) is 1.